The Hall–Kier alpha value is -0.780. The number of hydrogen-bond acceptors (Lipinski definition) is 4. The SMILES string of the molecule is Cc1cc(Cl)cc(OS(=O)[O-])c1N. The van der Waals surface area contributed by atoms with Gasteiger partial charge in [-0.2, -0.15) is 0 Å². The van der Waals surface area contributed by atoms with Crippen LogP contribution in [-0.4, -0.2) is 8.76 Å². The number of hydrogen-bond donors (Lipinski definition) is 1. The molecule has 0 bridgehead atoms. The number of benzene rings is 1. The van der Waals surface area contributed by atoms with Crippen molar-refractivity contribution in [2.45, 2.75) is 6.92 Å². The number of rotatable bonds is 2. The number of halogens is 1. The van der Waals surface area contributed by atoms with Crippen LogP contribution >= 0.6 is 11.6 Å². The molecule has 0 aliphatic heterocycles. The summed E-state index contributed by atoms with van der Waals surface area (Å²) in [5.74, 6) is 0.0540. The van der Waals surface area contributed by atoms with Gasteiger partial charge in [0.25, 0.3) is 0 Å². The molecule has 0 amide bonds. The van der Waals surface area contributed by atoms with Gasteiger partial charge in [-0.15, -0.1) is 0 Å². The van der Waals surface area contributed by atoms with Crippen LogP contribution in [0.25, 0.3) is 0 Å². The van der Waals surface area contributed by atoms with Gasteiger partial charge in [-0.05, 0) is 18.6 Å². The largest absolute Gasteiger partial charge is 0.740 e. The van der Waals surface area contributed by atoms with E-state index in [-0.39, 0.29) is 11.4 Å². The van der Waals surface area contributed by atoms with E-state index in [0.717, 1.165) is 0 Å². The molecule has 6 heteroatoms. The van der Waals surface area contributed by atoms with Crippen LogP contribution in [0.3, 0.4) is 0 Å². The highest BCUT2D eigenvalue weighted by atomic mass is 35.5. The molecule has 0 heterocycles. The highest BCUT2D eigenvalue weighted by Gasteiger charge is 2.05. The maximum atomic E-state index is 10.2. The lowest BCUT2D eigenvalue weighted by atomic mass is 10.2. The van der Waals surface area contributed by atoms with Crippen molar-refractivity contribution in [3.05, 3.63) is 22.7 Å². The van der Waals surface area contributed by atoms with E-state index in [1.54, 1.807) is 13.0 Å². The molecule has 2 N–H and O–H groups in total. The van der Waals surface area contributed by atoms with Crippen LogP contribution in [0.15, 0.2) is 12.1 Å². The Morgan fingerprint density at radius 1 is 1.62 bits per heavy atom. The third-order valence-corrected chi connectivity index (χ3v) is 2.01. The molecule has 1 aromatic rings. The molecular weight excluding hydrogens is 214 g/mol. The van der Waals surface area contributed by atoms with Crippen LogP contribution < -0.4 is 9.92 Å². The monoisotopic (exact) mass is 220 g/mol. The fraction of sp³-hybridized carbons (Fsp3) is 0.143. The van der Waals surface area contributed by atoms with Gasteiger partial charge in [0, 0.05) is 11.1 Å². The summed E-state index contributed by atoms with van der Waals surface area (Å²) < 4.78 is 24.9. The lowest BCUT2D eigenvalue weighted by Crippen LogP contribution is -2.02. The summed E-state index contributed by atoms with van der Waals surface area (Å²) in [6, 6.07) is 2.97. The minimum atomic E-state index is -2.63. The second-order valence-electron chi connectivity index (χ2n) is 2.42. The van der Waals surface area contributed by atoms with E-state index in [2.05, 4.69) is 4.18 Å². The molecule has 0 spiro atoms. The molecule has 0 aliphatic rings. The third kappa shape index (κ3) is 2.58. The molecule has 1 aromatic carbocycles. The smallest absolute Gasteiger partial charge is 0.163 e. The summed E-state index contributed by atoms with van der Waals surface area (Å²) >= 11 is 3.04. The summed E-state index contributed by atoms with van der Waals surface area (Å²) in [5, 5.41) is 0.382. The topological polar surface area (TPSA) is 75.4 Å². The summed E-state index contributed by atoms with van der Waals surface area (Å²) in [6.45, 7) is 1.71. The maximum Gasteiger partial charge on any atom is 0.163 e. The summed E-state index contributed by atoms with van der Waals surface area (Å²) in [6.07, 6.45) is 0. The summed E-state index contributed by atoms with van der Waals surface area (Å²) in [7, 11) is 0. The standard InChI is InChI=1S/C7H8ClNO3S/c1-4-2-5(8)3-6(7(4)9)12-13(10)11/h2-3H,9H2,1H3,(H,10,11)/p-1. The zero-order valence-corrected chi connectivity index (χ0v) is 8.32. The van der Waals surface area contributed by atoms with E-state index in [4.69, 9.17) is 17.3 Å². The van der Waals surface area contributed by atoms with E-state index >= 15 is 0 Å². The Balaban J connectivity index is 3.12. The average Bonchev–Trinajstić information content (AvgIpc) is 1.98. The number of anilines is 1. The Kier molecular flexibility index (Phi) is 3.13. The molecule has 1 atom stereocenters. The number of nitrogens with two attached hydrogens (primary N) is 1. The lowest BCUT2D eigenvalue weighted by molar-refractivity contribution is 0.441. The second-order valence-corrected chi connectivity index (χ2v) is 3.43. The number of nitrogen functional groups attached to an aromatic ring is 1. The van der Waals surface area contributed by atoms with Crippen LogP contribution in [0.5, 0.6) is 5.75 Å². The Morgan fingerprint density at radius 3 is 2.77 bits per heavy atom. The first-order chi connectivity index (χ1) is 6.00. The molecule has 0 saturated heterocycles. The van der Waals surface area contributed by atoms with E-state index in [9.17, 15) is 8.76 Å². The van der Waals surface area contributed by atoms with E-state index < -0.39 is 11.4 Å². The predicted octanol–water partition coefficient (Wildman–Crippen LogP) is 1.40. The molecule has 13 heavy (non-hydrogen) atoms. The fourth-order valence-electron chi connectivity index (χ4n) is 0.866. The maximum absolute atomic E-state index is 10.2. The Labute approximate surface area is 83.1 Å². The summed E-state index contributed by atoms with van der Waals surface area (Å²) in [4.78, 5) is 0. The zero-order valence-electron chi connectivity index (χ0n) is 6.74. The van der Waals surface area contributed by atoms with Gasteiger partial charge in [-0.1, -0.05) is 11.6 Å². The molecule has 4 nitrogen and oxygen atoms in total. The Morgan fingerprint density at radius 2 is 2.23 bits per heavy atom. The fourth-order valence-corrected chi connectivity index (χ4v) is 1.41. The van der Waals surface area contributed by atoms with Crippen LogP contribution in [0.4, 0.5) is 5.69 Å². The molecular formula is C7H7ClNO3S-. The van der Waals surface area contributed by atoms with E-state index in [1.807, 2.05) is 0 Å². The van der Waals surface area contributed by atoms with Crippen LogP contribution in [0.1, 0.15) is 5.56 Å². The molecule has 0 fully saturated rings. The van der Waals surface area contributed by atoms with Crippen molar-refractivity contribution in [1.29, 1.82) is 0 Å². The van der Waals surface area contributed by atoms with Gasteiger partial charge in [0.15, 0.2) is 5.75 Å². The highest BCUT2D eigenvalue weighted by Crippen LogP contribution is 2.29. The molecule has 0 saturated carbocycles. The normalized spacial score (nSPS) is 12.5. The molecule has 0 radical (unpaired) electrons. The third-order valence-electron chi connectivity index (χ3n) is 1.47. The minimum Gasteiger partial charge on any atom is -0.740 e. The minimum absolute atomic E-state index is 0.0540. The van der Waals surface area contributed by atoms with E-state index in [1.165, 1.54) is 6.07 Å². The van der Waals surface area contributed by atoms with Gasteiger partial charge in [0.2, 0.25) is 0 Å². The van der Waals surface area contributed by atoms with Gasteiger partial charge in [-0.25, -0.2) is 4.21 Å². The van der Waals surface area contributed by atoms with Crippen molar-refractivity contribution in [3.63, 3.8) is 0 Å². The van der Waals surface area contributed by atoms with Gasteiger partial charge < -0.3 is 14.5 Å². The van der Waals surface area contributed by atoms with Crippen molar-refractivity contribution in [3.8, 4) is 5.75 Å². The van der Waals surface area contributed by atoms with Crippen LogP contribution in [-0.2, 0) is 11.4 Å². The number of aryl methyl sites for hydroxylation is 1. The second kappa shape index (κ2) is 3.95. The average molecular weight is 221 g/mol. The van der Waals surface area contributed by atoms with Crippen molar-refractivity contribution < 1.29 is 12.9 Å². The van der Waals surface area contributed by atoms with Crippen molar-refractivity contribution in [1.82, 2.24) is 0 Å². The molecule has 0 aromatic heterocycles. The van der Waals surface area contributed by atoms with E-state index in [0.29, 0.717) is 10.6 Å². The quantitative estimate of drug-likeness (QED) is 0.604. The van der Waals surface area contributed by atoms with Gasteiger partial charge in [0.1, 0.15) is 11.4 Å². The molecule has 1 rings (SSSR count). The zero-order chi connectivity index (χ0) is 10.0. The van der Waals surface area contributed by atoms with Crippen molar-refractivity contribution in [2.75, 3.05) is 5.73 Å². The Bertz CT molecular complexity index is 356. The van der Waals surface area contributed by atoms with Gasteiger partial charge in [-0.3, -0.25) is 0 Å². The van der Waals surface area contributed by atoms with Gasteiger partial charge in [0.05, 0.1) is 5.69 Å². The molecule has 1 unspecified atom stereocenters. The summed E-state index contributed by atoms with van der Waals surface area (Å²) in [5.41, 5.74) is 6.49. The molecule has 0 aliphatic carbocycles. The van der Waals surface area contributed by atoms with Crippen LogP contribution in [0, 0.1) is 6.92 Å². The lowest BCUT2D eigenvalue weighted by Gasteiger charge is -2.11. The molecule has 72 valence electrons. The van der Waals surface area contributed by atoms with Crippen LogP contribution in [0.2, 0.25) is 5.02 Å². The predicted molar refractivity (Wildman–Crippen MR) is 50.1 cm³/mol. The first-order valence-electron chi connectivity index (χ1n) is 3.34. The van der Waals surface area contributed by atoms with Crippen molar-refractivity contribution in [2.24, 2.45) is 0 Å². The first-order valence-corrected chi connectivity index (χ1v) is 4.71. The van der Waals surface area contributed by atoms with Gasteiger partial charge >= 0.3 is 0 Å². The highest BCUT2D eigenvalue weighted by molar-refractivity contribution is 7.74. The van der Waals surface area contributed by atoms with Crippen molar-refractivity contribution >= 4 is 28.6 Å². The first kappa shape index (κ1) is 10.3.